The standard InChI is InChI=1S/C23H23F3N2O2/c24-16-3-1-13(2-4-16)21-20(18-7-17(25)8-19(26)22(18)28-21)14-5-12(6-14)9-27-23(29)15-10-30-11-15/h1-4,7-8,12,14-15,23,27-29H,5-6,9-11H2. The van der Waals surface area contributed by atoms with Gasteiger partial charge in [-0.15, -0.1) is 0 Å². The third-order valence-electron chi connectivity index (χ3n) is 6.37. The minimum Gasteiger partial charge on any atom is -0.380 e. The van der Waals surface area contributed by atoms with Gasteiger partial charge in [0, 0.05) is 23.9 Å². The average molecular weight is 416 g/mol. The Labute approximate surface area is 172 Å². The molecule has 1 unspecified atom stereocenters. The highest BCUT2D eigenvalue weighted by atomic mass is 19.1. The average Bonchev–Trinajstić information content (AvgIpc) is 2.99. The summed E-state index contributed by atoms with van der Waals surface area (Å²) in [6.45, 7) is 1.84. The first-order chi connectivity index (χ1) is 14.5. The van der Waals surface area contributed by atoms with Crippen LogP contribution in [0.25, 0.3) is 22.2 Å². The van der Waals surface area contributed by atoms with E-state index in [1.54, 1.807) is 12.1 Å². The fourth-order valence-corrected chi connectivity index (χ4v) is 4.54. The molecule has 1 aromatic heterocycles. The van der Waals surface area contributed by atoms with Crippen molar-refractivity contribution in [3.05, 3.63) is 59.4 Å². The molecule has 2 aromatic carbocycles. The lowest BCUT2D eigenvalue weighted by atomic mass is 9.70. The highest BCUT2D eigenvalue weighted by Gasteiger charge is 2.35. The van der Waals surface area contributed by atoms with E-state index in [0.29, 0.717) is 36.8 Å². The largest absolute Gasteiger partial charge is 0.380 e. The zero-order valence-electron chi connectivity index (χ0n) is 16.3. The molecule has 3 aromatic rings. The molecule has 2 heterocycles. The summed E-state index contributed by atoms with van der Waals surface area (Å²) in [6.07, 6.45) is 1.13. The van der Waals surface area contributed by atoms with Crippen LogP contribution in [0.1, 0.15) is 24.3 Å². The fraction of sp³-hybridized carbons (Fsp3) is 0.391. The van der Waals surface area contributed by atoms with Gasteiger partial charge >= 0.3 is 0 Å². The first kappa shape index (κ1) is 19.6. The highest BCUT2D eigenvalue weighted by Crippen LogP contribution is 2.48. The van der Waals surface area contributed by atoms with Crippen LogP contribution in [0.5, 0.6) is 0 Å². The van der Waals surface area contributed by atoms with Crippen LogP contribution in [0.15, 0.2) is 36.4 Å². The molecular weight excluding hydrogens is 393 g/mol. The molecule has 158 valence electrons. The Morgan fingerprint density at radius 3 is 2.47 bits per heavy atom. The number of fused-ring (bicyclic) bond motifs is 1. The van der Waals surface area contributed by atoms with Crippen LogP contribution in [0, 0.1) is 29.3 Å². The van der Waals surface area contributed by atoms with E-state index in [0.717, 1.165) is 30.0 Å². The van der Waals surface area contributed by atoms with Crippen LogP contribution in [-0.4, -0.2) is 36.1 Å². The van der Waals surface area contributed by atoms with Crippen molar-refractivity contribution in [3.8, 4) is 11.3 Å². The summed E-state index contributed by atoms with van der Waals surface area (Å²) < 4.78 is 46.9. The molecule has 0 radical (unpaired) electrons. The number of nitrogens with one attached hydrogen (secondary N) is 2. The Bertz CT molecular complexity index is 1060. The number of ether oxygens (including phenoxy) is 1. The molecule has 2 aliphatic rings. The van der Waals surface area contributed by atoms with Crippen molar-refractivity contribution in [1.29, 1.82) is 0 Å². The SMILES string of the molecule is OC(NCC1CC(c2c(-c3ccc(F)cc3)[nH]c3c(F)cc(F)cc23)C1)C1COC1. The van der Waals surface area contributed by atoms with Gasteiger partial charge in [-0.2, -0.15) is 0 Å². The van der Waals surface area contributed by atoms with Gasteiger partial charge in [0.2, 0.25) is 0 Å². The number of aromatic nitrogens is 1. The molecule has 3 N–H and O–H groups in total. The van der Waals surface area contributed by atoms with Gasteiger partial charge in [0.1, 0.15) is 23.7 Å². The Kier molecular flexibility index (Phi) is 5.05. The van der Waals surface area contributed by atoms with Gasteiger partial charge in [-0.3, -0.25) is 5.32 Å². The lowest BCUT2D eigenvalue weighted by Crippen LogP contribution is -2.48. The van der Waals surface area contributed by atoms with E-state index >= 15 is 0 Å². The molecule has 1 atom stereocenters. The van der Waals surface area contributed by atoms with Crippen LogP contribution in [0.2, 0.25) is 0 Å². The Morgan fingerprint density at radius 2 is 1.80 bits per heavy atom. The first-order valence-electron chi connectivity index (χ1n) is 10.3. The van der Waals surface area contributed by atoms with Crippen molar-refractivity contribution < 1.29 is 23.0 Å². The minimum atomic E-state index is -0.636. The molecule has 7 heteroatoms. The van der Waals surface area contributed by atoms with Crippen LogP contribution >= 0.6 is 0 Å². The summed E-state index contributed by atoms with van der Waals surface area (Å²) in [5, 5.41) is 13.8. The van der Waals surface area contributed by atoms with Crippen LogP contribution < -0.4 is 5.32 Å². The topological polar surface area (TPSA) is 57.3 Å². The lowest BCUT2D eigenvalue weighted by Gasteiger charge is -2.38. The molecule has 1 aliphatic carbocycles. The maximum Gasteiger partial charge on any atom is 0.150 e. The Balaban J connectivity index is 1.40. The van der Waals surface area contributed by atoms with Crippen LogP contribution in [0.3, 0.4) is 0 Å². The zero-order valence-corrected chi connectivity index (χ0v) is 16.3. The maximum absolute atomic E-state index is 14.4. The smallest absolute Gasteiger partial charge is 0.150 e. The van der Waals surface area contributed by atoms with Crippen molar-refractivity contribution in [2.45, 2.75) is 25.0 Å². The van der Waals surface area contributed by atoms with E-state index < -0.39 is 17.9 Å². The van der Waals surface area contributed by atoms with Crippen LogP contribution in [-0.2, 0) is 4.74 Å². The number of hydrogen-bond acceptors (Lipinski definition) is 3. The second-order valence-electron chi connectivity index (χ2n) is 8.42. The van der Waals surface area contributed by atoms with Crippen molar-refractivity contribution in [2.75, 3.05) is 19.8 Å². The second kappa shape index (κ2) is 7.72. The number of aromatic amines is 1. The van der Waals surface area contributed by atoms with Crippen molar-refractivity contribution in [2.24, 2.45) is 11.8 Å². The van der Waals surface area contributed by atoms with Gasteiger partial charge in [0.15, 0.2) is 0 Å². The molecule has 0 amide bonds. The van der Waals surface area contributed by atoms with Gasteiger partial charge in [0.05, 0.1) is 24.4 Å². The van der Waals surface area contributed by atoms with E-state index in [2.05, 4.69) is 10.3 Å². The number of rotatable bonds is 6. The van der Waals surface area contributed by atoms with Gasteiger partial charge in [-0.25, -0.2) is 13.2 Å². The van der Waals surface area contributed by atoms with E-state index in [9.17, 15) is 18.3 Å². The van der Waals surface area contributed by atoms with Crippen molar-refractivity contribution in [3.63, 3.8) is 0 Å². The maximum atomic E-state index is 14.4. The Hall–Kier alpha value is -2.35. The third kappa shape index (κ3) is 3.51. The van der Waals surface area contributed by atoms with Gasteiger partial charge < -0.3 is 14.8 Å². The molecule has 0 bridgehead atoms. The Morgan fingerprint density at radius 1 is 1.07 bits per heavy atom. The zero-order chi connectivity index (χ0) is 20.8. The summed E-state index contributed by atoms with van der Waals surface area (Å²) in [5.41, 5.74) is 2.59. The van der Waals surface area contributed by atoms with E-state index in [1.165, 1.54) is 18.2 Å². The van der Waals surface area contributed by atoms with Crippen LogP contribution in [0.4, 0.5) is 13.2 Å². The van der Waals surface area contributed by atoms with Gasteiger partial charge in [0.25, 0.3) is 0 Å². The molecule has 30 heavy (non-hydrogen) atoms. The number of halogens is 3. The monoisotopic (exact) mass is 416 g/mol. The summed E-state index contributed by atoms with van der Waals surface area (Å²) in [4.78, 5) is 3.11. The molecule has 5 rings (SSSR count). The normalized spacial score (nSPS) is 22.7. The van der Waals surface area contributed by atoms with E-state index in [-0.39, 0.29) is 23.2 Å². The molecule has 4 nitrogen and oxygen atoms in total. The first-order valence-corrected chi connectivity index (χ1v) is 10.3. The number of H-pyrrole nitrogens is 1. The molecule has 1 aliphatic heterocycles. The molecular formula is C23H23F3N2O2. The third-order valence-corrected chi connectivity index (χ3v) is 6.37. The van der Waals surface area contributed by atoms with Crippen molar-refractivity contribution >= 4 is 10.9 Å². The van der Waals surface area contributed by atoms with Gasteiger partial charge in [-0.1, -0.05) is 0 Å². The predicted octanol–water partition coefficient (Wildman–Crippen LogP) is 4.30. The molecule has 0 spiro atoms. The lowest BCUT2D eigenvalue weighted by molar-refractivity contribution is -0.102. The number of hydrogen-bond donors (Lipinski definition) is 3. The minimum absolute atomic E-state index is 0.135. The van der Waals surface area contributed by atoms with E-state index in [4.69, 9.17) is 4.74 Å². The summed E-state index contributed by atoms with van der Waals surface area (Å²) in [6, 6.07) is 8.25. The fourth-order valence-electron chi connectivity index (χ4n) is 4.54. The number of aliphatic hydroxyl groups is 1. The quantitative estimate of drug-likeness (QED) is 0.525. The molecule has 1 saturated carbocycles. The molecule has 1 saturated heterocycles. The second-order valence-corrected chi connectivity index (χ2v) is 8.42. The predicted molar refractivity (Wildman–Crippen MR) is 107 cm³/mol. The summed E-state index contributed by atoms with van der Waals surface area (Å²) in [7, 11) is 0. The summed E-state index contributed by atoms with van der Waals surface area (Å²) in [5.74, 6) is -0.951. The van der Waals surface area contributed by atoms with E-state index in [1.807, 2.05) is 0 Å². The van der Waals surface area contributed by atoms with Gasteiger partial charge in [-0.05, 0) is 66.1 Å². The van der Waals surface area contributed by atoms with Crippen molar-refractivity contribution in [1.82, 2.24) is 10.3 Å². The number of benzene rings is 2. The highest BCUT2D eigenvalue weighted by molar-refractivity contribution is 5.92. The number of aliphatic hydroxyl groups excluding tert-OH is 1. The molecule has 2 fully saturated rings. The summed E-state index contributed by atoms with van der Waals surface area (Å²) >= 11 is 0.